The Hall–Kier alpha value is -2.30. The summed E-state index contributed by atoms with van der Waals surface area (Å²) >= 11 is 4.81. The van der Waals surface area contributed by atoms with Gasteiger partial charge in [-0.05, 0) is 24.6 Å². The molecule has 0 amide bonds. The number of nitrogens with two attached hydrogens (primary N) is 1. The highest BCUT2D eigenvalue weighted by molar-refractivity contribution is 9.10. The molecule has 0 radical (unpaired) electrons. The maximum atomic E-state index is 12.1. The molecular weight excluding hydrogens is 392 g/mol. The van der Waals surface area contributed by atoms with E-state index in [1.165, 1.54) is 18.4 Å². The van der Waals surface area contributed by atoms with Crippen molar-refractivity contribution in [3.63, 3.8) is 0 Å². The Labute approximate surface area is 151 Å². The van der Waals surface area contributed by atoms with E-state index < -0.39 is 5.97 Å². The number of hydrogen-bond acceptors (Lipinski definition) is 6. The predicted molar refractivity (Wildman–Crippen MR) is 93.8 cm³/mol. The van der Waals surface area contributed by atoms with Gasteiger partial charge in [0.1, 0.15) is 17.2 Å². The number of allylic oxidation sites excluding steroid dienone is 1. The summed E-state index contributed by atoms with van der Waals surface area (Å²) in [5.74, 6) is -0.448. The summed E-state index contributed by atoms with van der Waals surface area (Å²) in [6.07, 6.45) is 0. The van der Waals surface area contributed by atoms with Crippen molar-refractivity contribution in [3.05, 3.63) is 61.1 Å². The minimum atomic E-state index is -0.479. The van der Waals surface area contributed by atoms with Crippen molar-refractivity contribution in [1.29, 1.82) is 5.26 Å². The first kappa shape index (κ1) is 16.6. The molecule has 24 heavy (non-hydrogen) atoms. The quantitative estimate of drug-likeness (QED) is 0.768. The summed E-state index contributed by atoms with van der Waals surface area (Å²) in [5, 5.41) is 9.54. The van der Waals surface area contributed by atoms with Crippen LogP contribution >= 0.6 is 27.3 Å². The van der Waals surface area contributed by atoms with Crippen LogP contribution in [0, 0.1) is 18.3 Å². The second-order valence-electron chi connectivity index (χ2n) is 5.19. The summed E-state index contributed by atoms with van der Waals surface area (Å²) in [7, 11) is 1.32. The smallest absolute Gasteiger partial charge is 0.342 e. The maximum Gasteiger partial charge on any atom is 0.342 e. The lowest BCUT2D eigenvalue weighted by Gasteiger charge is -2.24. The van der Waals surface area contributed by atoms with Crippen LogP contribution in [0.3, 0.4) is 0 Å². The number of esters is 1. The molecule has 2 N–H and O–H groups in total. The average Bonchev–Trinajstić information content (AvgIpc) is 2.89. The Morgan fingerprint density at radius 2 is 2.08 bits per heavy atom. The van der Waals surface area contributed by atoms with Gasteiger partial charge in [-0.3, -0.25) is 0 Å². The van der Waals surface area contributed by atoms with Crippen LogP contribution in [0.5, 0.6) is 5.75 Å². The van der Waals surface area contributed by atoms with Crippen molar-refractivity contribution in [2.45, 2.75) is 12.8 Å². The van der Waals surface area contributed by atoms with Gasteiger partial charge in [0.25, 0.3) is 0 Å². The number of thiophene rings is 1. The first-order valence-electron chi connectivity index (χ1n) is 7.02. The van der Waals surface area contributed by atoms with E-state index in [0.717, 1.165) is 19.8 Å². The number of carbonyl (C=O) groups excluding carboxylic acids is 1. The fraction of sp³-hybridized carbons (Fsp3) is 0.176. The SMILES string of the molecule is COC(=O)c1c(C)sc2c1OC(N)=C(C#N)C2c1ccc(Br)cc1. The molecule has 1 aromatic carbocycles. The first-order valence-corrected chi connectivity index (χ1v) is 8.63. The number of benzene rings is 1. The van der Waals surface area contributed by atoms with Gasteiger partial charge in [-0.25, -0.2) is 4.79 Å². The highest BCUT2D eigenvalue weighted by Gasteiger charge is 2.36. The number of halogens is 1. The van der Waals surface area contributed by atoms with Gasteiger partial charge in [0.2, 0.25) is 5.88 Å². The highest BCUT2D eigenvalue weighted by Crippen LogP contribution is 2.49. The number of rotatable bonds is 2. The number of carbonyl (C=O) groups is 1. The Bertz CT molecular complexity index is 894. The van der Waals surface area contributed by atoms with Crippen molar-refractivity contribution in [2.24, 2.45) is 5.73 Å². The molecule has 0 saturated carbocycles. The Morgan fingerprint density at radius 3 is 2.67 bits per heavy atom. The number of fused-ring (bicyclic) bond motifs is 1. The standard InChI is InChI=1S/C17H13BrN2O3S/c1-8-12(17(21)22-2)14-15(24-8)13(11(7-19)16(20)23-14)9-3-5-10(18)6-4-9/h3-6,13H,20H2,1-2H3. The molecule has 1 atom stereocenters. The van der Waals surface area contributed by atoms with Gasteiger partial charge >= 0.3 is 5.97 Å². The van der Waals surface area contributed by atoms with Gasteiger partial charge in [0.15, 0.2) is 5.75 Å². The number of nitrogens with zero attached hydrogens (tertiary/aromatic N) is 1. The van der Waals surface area contributed by atoms with Crippen molar-refractivity contribution in [1.82, 2.24) is 0 Å². The maximum absolute atomic E-state index is 12.1. The third-order valence-electron chi connectivity index (χ3n) is 3.81. The second kappa shape index (κ2) is 6.30. The topological polar surface area (TPSA) is 85.3 Å². The van der Waals surface area contributed by atoms with Crippen molar-refractivity contribution >= 4 is 33.2 Å². The van der Waals surface area contributed by atoms with E-state index in [4.69, 9.17) is 15.2 Å². The molecule has 2 aromatic rings. The number of hydrogen-bond donors (Lipinski definition) is 1. The van der Waals surface area contributed by atoms with Gasteiger partial charge in [-0.2, -0.15) is 5.26 Å². The zero-order valence-electron chi connectivity index (χ0n) is 12.9. The Balaban J connectivity index is 2.24. The van der Waals surface area contributed by atoms with E-state index in [0.29, 0.717) is 16.9 Å². The lowest BCUT2D eigenvalue weighted by atomic mass is 9.88. The molecule has 1 unspecified atom stereocenters. The van der Waals surface area contributed by atoms with E-state index >= 15 is 0 Å². The van der Waals surface area contributed by atoms with Crippen molar-refractivity contribution < 1.29 is 14.3 Å². The third kappa shape index (κ3) is 2.58. The molecule has 1 aliphatic heterocycles. The second-order valence-corrected chi connectivity index (χ2v) is 7.37. The highest BCUT2D eigenvalue weighted by atomic mass is 79.9. The van der Waals surface area contributed by atoms with Crippen LogP contribution in [0.1, 0.15) is 31.6 Å². The molecule has 3 rings (SSSR count). The van der Waals surface area contributed by atoms with Gasteiger partial charge in [-0.1, -0.05) is 28.1 Å². The number of nitriles is 1. The van der Waals surface area contributed by atoms with Gasteiger partial charge in [-0.15, -0.1) is 11.3 Å². The summed E-state index contributed by atoms with van der Waals surface area (Å²) < 4.78 is 11.4. The van der Waals surface area contributed by atoms with Crippen molar-refractivity contribution in [3.8, 4) is 11.8 Å². The van der Waals surface area contributed by atoms with Crippen LogP contribution in [-0.4, -0.2) is 13.1 Å². The van der Waals surface area contributed by atoms with E-state index in [-0.39, 0.29) is 11.8 Å². The fourth-order valence-electron chi connectivity index (χ4n) is 2.71. The molecule has 2 heterocycles. The summed E-state index contributed by atoms with van der Waals surface area (Å²) in [5.41, 5.74) is 7.56. The van der Waals surface area contributed by atoms with E-state index in [9.17, 15) is 10.1 Å². The number of methoxy groups -OCH3 is 1. The Morgan fingerprint density at radius 1 is 1.42 bits per heavy atom. The molecule has 122 valence electrons. The van der Waals surface area contributed by atoms with Crippen LogP contribution in [0.25, 0.3) is 0 Å². The molecule has 0 bridgehead atoms. The molecule has 0 aliphatic carbocycles. The molecule has 0 fully saturated rings. The molecule has 7 heteroatoms. The van der Waals surface area contributed by atoms with Gasteiger partial charge in [0, 0.05) is 9.35 Å². The lowest BCUT2D eigenvalue weighted by molar-refractivity contribution is 0.0597. The minimum absolute atomic E-state index is 0.0147. The van der Waals surface area contributed by atoms with Crippen molar-refractivity contribution in [2.75, 3.05) is 7.11 Å². The van der Waals surface area contributed by atoms with Crippen LogP contribution in [0.15, 0.2) is 40.2 Å². The molecule has 0 spiro atoms. The molecule has 5 nitrogen and oxygen atoms in total. The third-order valence-corrected chi connectivity index (χ3v) is 5.49. The fourth-order valence-corrected chi connectivity index (χ4v) is 4.19. The zero-order chi connectivity index (χ0) is 17.4. The van der Waals surface area contributed by atoms with E-state index in [2.05, 4.69) is 22.0 Å². The summed E-state index contributed by atoms with van der Waals surface area (Å²) in [4.78, 5) is 13.6. The zero-order valence-corrected chi connectivity index (χ0v) is 15.3. The summed E-state index contributed by atoms with van der Waals surface area (Å²) in [6.45, 7) is 1.82. The largest absolute Gasteiger partial charge is 0.465 e. The number of aryl methyl sites for hydroxylation is 1. The normalized spacial score (nSPS) is 16.2. The average molecular weight is 405 g/mol. The monoisotopic (exact) mass is 404 g/mol. The van der Waals surface area contributed by atoms with Crippen LogP contribution in [-0.2, 0) is 4.74 Å². The van der Waals surface area contributed by atoms with E-state index in [1.54, 1.807) is 0 Å². The molecule has 1 aliphatic rings. The lowest BCUT2D eigenvalue weighted by Crippen LogP contribution is -2.21. The molecular formula is C17H13BrN2O3S. The van der Waals surface area contributed by atoms with Crippen LogP contribution in [0.2, 0.25) is 0 Å². The minimum Gasteiger partial charge on any atom is -0.465 e. The summed E-state index contributed by atoms with van der Waals surface area (Å²) in [6, 6.07) is 9.77. The molecule has 1 aromatic heterocycles. The van der Waals surface area contributed by atoms with Gasteiger partial charge < -0.3 is 15.2 Å². The molecule has 0 saturated heterocycles. The van der Waals surface area contributed by atoms with Crippen LogP contribution < -0.4 is 10.5 Å². The first-order chi connectivity index (χ1) is 11.5. The Kier molecular flexibility index (Phi) is 4.35. The van der Waals surface area contributed by atoms with Crippen LogP contribution in [0.4, 0.5) is 0 Å². The van der Waals surface area contributed by atoms with Gasteiger partial charge in [0.05, 0.1) is 17.9 Å². The predicted octanol–water partition coefficient (Wildman–Crippen LogP) is 3.82. The number of ether oxygens (including phenoxy) is 2. The van der Waals surface area contributed by atoms with E-state index in [1.807, 2.05) is 31.2 Å².